The fraction of sp³-hybridized carbons (Fsp3) is 0.615. The van der Waals surface area contributed by atoms with Gasteiger partial charge in [-0.25, -0.2) is 16.7 Å². The Morgan fingerprint density at radius 1 is 0.805 bits per heavy atom. The Bertz CT molecular complexity index is 882. The number of pyridine rings is 1. The van der Waals surface area contributed by atoms with Crippen LogP contribution < -0.4 is 28.5 Å². The van der Waals surface area contributed by atoms with E-state index in [2.05, 4.69) is 10.3 Å². The van der Waals surface area contributed by atoms with Crippen molar-refractivity contribution in [3.8, 4) is 0 Å². The van der Waals surface area contributed by atoms with Crippen LogP contribution in [0.4, 0.5) is 0 Å². The average molecular weight is 617 g/mol. The van der Waals surface area contributed by atoms with Gasteiger partial charge in [-0.1, -0.05) is 0 Å². The molecule has 1 aromatic rings. The van der Waals surface area contributed by atoms with Gasteiger partial charge >= 0.3 is 0 Å². The highest BCUT2D eigenvalue weighted by Gasteiger charge is 2.15. The maximum atomic E-state index is 12.7. The van der Waals surface area contributed by atoms with Crippen molar-refractivity contribution < 1.29 is 22.9 Å². The molecule has 0 aliphatic rings. The average Bonchev–Trinajstić information content (AvgIpc) is 2.93. The van der Waals surface area contributed by atoms with Crippen molar-refractivity contribution in [2.45, 2.75) is 47.5 Å². The molecular weight excluding hydrogens is 566 g/mol. The first kappa shape index (κ1) is 36.9. The second-order valence-corrected chi connectivity index (χ2v) is 11.9. The van der Waals surface area contributed by atoms with Gasteiger partial charge in [0.15, 0.2) is 16.8 Å². The van der Waals surface area contributed by atoms with Gasteiger partial charge in [0.25, 0.3) is 5.91 Å². The van der Waals surface area contributed by atoms with Crippen molar-refractivity contribution in [2.24, 2.45) is 23.2 Å². The first-order chi connectivity index (χ1) is 19.7. The molecule has 234 valence electrons. The number of nitrogens with zero attached hydrogens (tertiary/aromatic N) is 3. The maximum absolute atomic E-state index is 12.7. The number of aromatic nitrogens is 1. The first-order valence-corrected chi connectivity index (χ1v) is 16.8. The molecule has 0 unspecified atom stereocenters. The number of hydrazine groups is 2. The molecule has 0 atom stereocenters. The van der Waals surface area contributed by atoms with E-state index < -0.39 is 16.8 Å². The molecule has 1 amide bonds. The van der Waals surface area contributed by atoms with Crippen LogP contribution in [-0.4, -0.2) is 79.3 Å². The number of nitrogens with one attached hydrogen (secondary N) is 1. The van der Waals surface area contributed by atoms with Crippen molar-refractivity contribution in [2.75, 3.05) is 58.4 Å². The fourth-order valence-electron chi connectivity index (χ4n) is 3.51. The third kappa shape index (κ3) is 15.1. The maximum Gasteiger partial charge on any atom is 0.251 e. The van der Waals surface area contributed by atoms with Crippen LogP contribution in [0.2, 0.25) is 0 Å². The van der Waals surface area contributed by atoms with E-state index in [9.17, 15) is 4.79 Å². The number of carbonyl (C=O) groups is 1. The summed E-state index contributed by atoms with van der Waals surface area (Å²) in [6, 6.07) is 3.21. The van der Waals surface area contributed by atoms with Crippen molar-refractivity contribution >= 4 is 34.1 Å². The molecule has 1 aromatic heterocycles. The molecule has 0 saturated heterocycles. The quantitative estimate of drug-likeness (QED) is 0.0728. The fourth-order valence-corrected chi connectivity index (χ4v) is 6.13. The molecule has 13 nitrogen and oxygen atoms in total. The third-order valence-corrected chi connectivity index (χ3v) is 8.78. The molecule has 9 N–H and O–H groups in total. The third-order valence-electron chi connectivity index (χ3n) is 5.23. The van der Waals surface area contributed by atoms with Crippen molar-refractivity contribution in [1.29, 1.82) is 0 Å². The van der Waals surface area contributed by atoms with Crippen LogP contribution in [0.15, 0.2) is 24.5 Å². The van der Waals surface area contributed by atoms with E-state index in [-0.39, 0.29) is 17.3 Å². The molecule has 41 heavy (non-hydrogen) atoms. The lowest BCUT2D eigenvalue weighted by molar-refractivity contribution is 0.0955. The summed E-state index contributed by atoms with van der Waals surface area (Å²) in [6.07, 6.45) is 6.18. The van der Waals surface area contributed by atoms with Crippen LogP contribution in [0.25, 0.3) is 11.4 Å². The molecule has 0 radical (unpaired) electrons. The number of carbonyl (C=O) groups excluding carboxylic acids is 1. The predicted octanol–water partition coefficient (Wildman–Crippen LogP) is 3.25. The number of hydrogen-bond donors (Lipinski definition) is 5. The van der Waals surface area contributed by atoms with Crippen molar-refractivity contribution in [3.63, 3.8) is 0 Å². The van der Waals surface area contributed by atoms with Gasteiger partial charge < -0.3 is 44.9 Å². The van der Waals surface area contributed by atoms with Gasteiger partial charge in [-0.15, -0.1) is 0 Å². The number of rotatable bonds is 22. The van der Waals surface area contributed by atoms with E-state index >= 15 is 0 Å². The highest BCUT2D eigenvalue weighted by molar-refractivity contribution is 7.47. The largest absolute Gasteiger partial charge is 0.396 e. The highest BCUT2D eigenvalue weighted by atomic mass is 31.2. The van der Waals surface area contributed by atoms with Crippen molar-refractivity contribution in [3.05, 3.63) is 41.5 Å². The van der Waals surface area contributed by atoms with Crippen LogP contribution in [0.1, 0.15) is 69.2 Å². The molecule has 1 heterocycles. The first-order valence-electron chi connectivity index (χ1n) is 14.0. The van der Waals surface area contributed by atoms with Crippen LogP contribution in [-0.2, 0) is 18.1 Å². The number of hydrogen-bond acceptors (Lipinski definition) is 12. The van der Waals surface area contributed by atoms with E-state index in [0.717, 1.165) is 25.2 Å². The van der Waals surface area contributed by atoms with E-state index in [0.29, 0.717) is 63.0 Å². The standard InChI is InChI=1S/C26H50N8O5P2/c1-6-31-26(35)21-17-24(22(27)19-33(29)13-11-15-40(36-7-2)37-8-3)32-25(18-21)23(28)20-34(30)14-12-16-41(38-9-4)39-10-5/h17-20H,6-16,27-30H2,1-5H3,(H,31,35)/b22-19-,23-20-. The smallest absolute Gasteiger partial charge is 0.251 e. The summed E-state index contributed by atoms with van der Waals surface area (Å²) >= 11 is 0. The van der Waals surface area contributed by atoms with Crippen LogP contribution in [0.3, 0.4) is 0 Å². The second-order valence-electron chi connectivity index (χ2n) is 8.62. The molecule has 0 aromatic carbocycles. The normalized spacial score (nSPS) is 12.3. The zero-order chi connectivity index (χ0) is 30.6. The Morgan fingerprint density at radius 2 is 1.20 bits per heavy atom. The van der Waals surface area contributed by atoms with Crippen LogP contribution in [0, 0.1) is 0 Å². The minimum atomic E-state index is -0.938. The van der Waals surface area contributed by atoms with Crippen LogP contribution in [0.5, 0.6) is 0 Å². The van der Waals surface area contributed by atoms with Gasteiger partial charge in [0.1, 0.15) is 0 Å². The van der Waals surface area contributed by atoms with Crippen molar-refractivity contribution in [1.82, 2.24) is 20.3 Å². The summed E-state index contributed by atoms with van der Waals surface area (Å²) in [7, 11) is -1.88. The molecular formula is C26H50N8O5P2. The summed E-state index contributed by atoms with van der Waals surface area (Å²) in [6.45, 7) is 13.5. The van der Waals surface area contributed by atoms with Crippen LogP contribution >= 0.6 is 16.8 Å². The SMILES string of the molecule is CCNC(=O)c1cc(/C(N)=C/N(N)CCCP(OCC)OCC)nc(/C(N)=C/N(N)CCCP(OCC)OCC)c1. The molecule has 0 aliphatic heterocycles. The molecule has 0 bridgehead atoms. The predicted molar refractivity (Wildman–Crippen MR) is 168 cm³/mol. The summed E-state index contributed by atoms with van der Waals surface area (Å²) in [5.41, 5.74) is 14.4. The molecule has 0 fully saturated rings. The second kappa shape index (κ2) is 21.6. The molecule has 15 heteroatoms. The Balaban J connectivity index is 3.03. The zero-order valence-electron chi connectivity index (χ0n) is 25.2. The van der Waals surface area contributed by atoms with E-state index in [4.69, 9.17) is 41.2 Å². The van der Waals surface area contributed by atoms with E-state index in [1.807, 2.05) is 34.6 Å². The summed E-state index contributed by atoms with van der Waals surface area (Å²) in [4.78, 5) is 17.3. The topological polar surface area (TPSA) is 189 Å². The lowest BCUT2D eigenvalue weighted by atomic mass is 10.1. The van der Waals surface area contributed by atoms with Gasteiger partial charge in [0.2, 0.25) is 0 Å². The highest BCUT2D eigenvalue weighted by Crippen LogP contribution is 2.39. The van der Waals surface area contributed by atoms with Gasteiger partial charge in [-0.2, -0.15) is 0 Å². The minimum absolute atomic E-state index is 0.271. The van der Waals surface area contributed by atoms with Gasteiger partial charge in [-0.3, -0.25) is 4.79 Å². The Morgan fingerprint density at radius 3 is 1.54 bits per heavy atom. The van der Waals surface area contributed by atoms with E-state index in [1.54, 1.807) is 24.5 Å². The molecule has 0 aliphatic carbocycles. The Kier molecular flexibility index (Phi) is 19.5. The summed E-state index contributed by atoms with van der Waals surface area (Å²) in [5.74, 6) is 12.1. The minimum Gasteiger partial charge on any atom is -0.396 e. The Hall–Kier alpha value is -2.08. The Labute approximate surface area is 247 Å². The molecule has 1 rings (SSSR count). The van der Waals surface area contributed by atoms with E-state index in [1.165, 1.54) is 10.0 Å². The zero-order valence-corrected chi connectivity index (χ0v) is 27.0. The van der Waals surface area contributed by atoms with Gasteiger partial charge in [0, 0.05) is 49.9 Å². The van der Waals surface area contributed by atoms with Gasteiger partial charge in [0.05, 0.1) is 49.2 Å². The summed E-state index contributed by atoms with van der Waals surface area (Å²) in [5, 5.41) is 5.77. The monoisotopic (exact) mass is 616 g/mol. The molecule has 0 spiro atoms. The lowest BCUT2D eigenvalue weighted by Crippen LogP contribution is -2.29. The number of amides is 1. The molecule has 0 saturated carbocycles. The summed E-state index contributed by atoms with van der Waals surface area (Å²) < 4.78 is 22.6. The number of nitrogens with two attached hydrogens (primary N) is 4. The lowest BCUT2D eigenvalue weighted by Gasteiger charge is -2.19. The van der Waals surface area contributed by atoms with Gasteiger partial charge in [-0.05, 0) is 59.6 Å².